The number of hydrogen-bond acceptors (Lipinski definition) is 7. The van der Waals surface area contributed by atoms with Crippen molar-refractivity contribution in [3.8, 4) is 11.6 Å². The number of anilines is 1. The van der Waals surface area contributed by atoms with Gasteiger partial charge in [0, 0.05) is 13.1 Å². The molecule has 0 saturated heterocycles. The lowest BCUT2D eigenvalue weighted by molar-refractivity contribution is -0.141. The first-order valence-electron chi connectivity index (χ1n) is 8.45. The Kier molecular flexibility index (Phi) is 11.8. The summed E-state index contributed by atoms with van der Waals surface area (Å²) in [4.78, 5) is 12.4. The molecule has 0 bridgehead atoms. The monoisotopic (exact) mass is 417 g/mol. The summed E-state index contributed by atoms with van der Waals surface area (Å²) >= 11 is 0. The number of halogens is 3. The number of benzene rings is 1. The minimum atomic E-state index is -4.52. The zero-order valence-electron chi connectivity index (χ0n) is 16.7. The highest BCUT2D eigenvalue weighted by molar-refractivity contribution is 5.58. The van der Waals surface area contributed by atoms with Crippen molar-refractivity contribution in [2.24, 2.45) is 11.7 Å². The smallest absolute Gasteiger partial charge is 0.433 e. The average Bonchev–Trinajstić information content (AvgIpc) is 2.73. The van der Waals surface area contributed by atoms with Gasteiger partial charge in [-0.25, -0.2) is 16.7 Å². The summed E-state index contributed by atoms with van der Waals surface area (Å²) in [5.41, 5.74) is 1.99. The lowest BCUT2D eigenvalue weighted by Gasteiger charge is -2.19. The molecule has 0 saturated carbocycles. The van der Waals surface area contributed by atoms with Crippen LogP contribution in [-0.2, 0) is 17.6 Å². The Morgan fingerprint density at radius 3 is 2.28 bits per heavy atom. The van der Waals surface area contributed by atoms with E-state index in [2.05, 4.69) is 10.8 Å². The highest BCUT2D eigenvalue weighted by Gasteiger charge is 2.32. The number of carbonyl (C=O) groups is 1. The van der Waals surface area contributed by atoms with Crippen LogP contribution in [0.25, 0.3) is 0 Å². The predicted octanol–water partition coefficient (Wildman–Crippen LogP) is 2.63. The number of nitrogens with one attached hydrogen (secondary N) is 1. The standard InChI is InChI=1S/C15H16F3N3O2.C2H6.CH4N2O/c1-21(19)11-5-3-6-12(22-2)10(11)9-23-14-8-4-7-13(20-14)15(16,17)18;1-2;2-3-1-4/h3-8H,9,19H2,1-2H3;1-2H3;1H,2H2,(H,3,4). The Morgan fingerprint density at radius 2 is 1.79 bits per heavy atom. The molecule has 0 aliphatic carbocycles. The molecular weight excluding hydrogens is 391 g/mol. The van der Waals surface area contributed by atoms with Gasteiger partial charge in [-0.2, -0.15) is 13.2 Å². The molecule has 0 aliphatic heterocycles. The van der Waals surface area contributed by atoms with E-state index < -0.39 is 11.9 Å². The molecule has 1 heterocycles. The molecule has 0 spiro atoms. The van der Waals surface area contributed by atoms with Crippen LogP contribution in [0.1, 0.15) is 25.1 Å². The van der Waals surface area contributed by atoms with E-state index in [1.165, 1.54) is 24.3 Å². The van der Waals surface area contributed by atoms with Crippen molar-refractivity contribution in [1.82, 2.24) is 10.4 Å². The number of nitrogens with two attached hydrogens (primary N) is 2. The van der Waals surface area contributed by atoms with Gasteiger partial charge in [-0.3, -0.25) is 10.2 Å². The molecule has 1 aromatic carbocycles. The number of alkyl halides is 3. The highest BCUT2D eigenvalue weighted by atomic mass is 19.4. The van der Waals surface area contributed by atoms with E-state index in [1.54, 1.807) is 30.7 Å². The number of methoxy groups -OCH3 is 1. The predicted molar refractivity (Wildman–Crippen MR) is 104 cm³/mol. The topological polar surface area (TPSA) is 116 Å². The number of amides is 1. The van der Waals surface area contributed by atoms with Crippen molar-refractivity contribution >= 4 is 12.1 Å². The van der Waals surface area contributed by atoms with Gasteiger partial charge in [-0.15, -0.1) is 0 Å². The highest BCUT2D eigenvalue weighted by Crippen LogP contribution is 2.31. The van der Waals surface area contributed by atoms with E-state index in [9.17, 15) is 13.2 Å². The molecule has 0 radical (unpaired) electrons. The molecule has 8 nitrogen and oxygen atoms in total. The van der Waals surface area contributed by atoms with E-state index in [1.807, 2.05) is 13.8 Å². The number of carbonyl (C=O) groups excluding carboxylic acids is 1. The summed E-state index contributed by atoms with van der Waals surface area (Å²) in [7, 11) is 3.13. The van der Waals surface area contributed by atoms with E-state index in [0.29, 0.717) is 23.4 Å². The van der Waals surface area contributed by atoms with E-state index >= 15 is 0 Å². The number of hydrogen-bond donors (Lipinski definition) is 3. The fourth-order valence-electron chi connectivity index (χ4n) is 2.02. The molecule has 1 amide bonds. The van der Waals surface area contributed by atoms with Crippen molar-refractivity contribution < 1.29 is 27.4 Å². The van der Waals surface area contributed by atoms with Gasteiger partial charge >= 0.3 is 6.18 Å². The molecule has 0 aliphatic rings. The van der Waals surface area contributed by atoms with Crippen molar-refractivity contribution in [2.45, 2.75) is 26.6 Å². The van der Waals surface area contributed by atoms with Gasteiger partial charge in [-0.1, -0.05) is 26.0 Å². The summed E-state index contributed by atoms with van der Waals surface area (Å²) in [6.07, 6.45) is -4.12. The quantitative estimate of drug-likeness (QED) is 0.286. The lowest BCUT2D eigenvalue weighted by Crippen LogP contribution is -2.26. The first kappa shape index (κ1) is 26.0. The second-order valence-corrected chi connectivity index (χ2v) is 5.00. The first-order chi connectivity index (χ1) is 13.7. The van der Waals surface area contributed by atoms with Gasteiger partial charge in [-0.05, 0) is 18.2 Å². The van der Waals surface area contributed by atoms with Crippen molar-refractivity contribution in [1.29, 1.82) is 0 Å². The summed E-state index contributed by atoms with van der Waals surface area (Å²) in [6.45, 7) is 3.97. The molecule has 162 valence electrons. The maximum atomic E-state index is 12.7. The van der Waals surface area contributed by atoms with E-state index in [0.717, 1.165) is 6.07 Å². The average molecular weight is 417 g/mol. The van der Waals surface area contributed by atoms with Gasteiger partial charge in [0.15, 0.2) is 0 Å². The maximum absolute atomic E-state index is 12.7. The van der Waals surface area contributed by atoms with Crippen LogP contribution in [0.4, 0.5) is 18.9 Å². The van der Waals surface area contributed by atoms with Crippen LogP contribution in [0.5, 0.6) is 11.6 Å². The number of rotatable bonds is 6. The van der Waals surface area contributed by atoms with Crippen molar-refractivity contribution in [2.75, 3.05) is 19.2 Å². The number of ether oxygens (including phenoxy) is 2. The third-order valence-electron chi connectivity index (χ3n) is 3.15. The number of pyridine rings is 1. The van der Waals surface area contributed by atoms with Crippen LogP contribution in [0.2, 0.25) is 0 Å². The summed E-state index contributed by atoms with van der Waals surface area (Å²) < 4.78 is 48.6. The van der Waals surface area contributed by atoms with Crippen molar-refractivity contribution in [3.05, 3.63) is 47.7 Å². The van der Waals surface area contributed by atoms with Crippen LogP contribution >= 0.6 is 0 Å². The SMILES string of the molecule is CC.COc1cccc(N(C)N)c1COc1cccc(C(F)(F)F)n1.NNC=O. The van der Waals surface area contributed by atoms with Gasteiger partial charge in [0.25, 0.3) is 0 Å². The molecule has 2 aromatic rings. The van der Waals surface area contributed by atoms with Gasteiger partial charge < -0.3 is 14.5 Å². The summed E-state index contributed by atoms with van der Waals surface area (Å²) in [5, 5.41) is 1.38. The van der Waals surface area contributed by atoms with Crippen LogP contribution in [-0.4, -0.2) is 25.6 Å². The fraction of sp³-hybridized carbons (Fsp3) is 0.333. The number of hydrazine groups is 2. The molecule has 0 unspecified atom stereocenters. The summed E-state index contributed by atoms with van der Waals surface area (Å²) in [6, 6.07) is 8.70. The maximum Gasteiger partial charge on any atom is 0.433 e. The Bertz CT molecular complexity index is 743. The van der Waals surface area contributed by atoms with Crippen LogP contribution in [0.15, 0.2) is 36.4 Å². The molecule has 5 N–H and O–H groups in total. The first-order valence-corrected chi connectivity index (χ1v) is 8.45. The number of nitrogens with zero attached hydrogens (tertiary/aromatic N) is 2. The van der Waals surface area contributed by atoms with Crippen LogP contribution < -0.4 is 31.6 Å². The Labute approximate surface area is 167 Å². The normalized spacial score (nSPS) is 9.83. The molecule has 1 aromatic heterocycles. The minimum Gasteiger partial charge on any atom is -0.496 e. The van der Waals surface area contributed by atoms with E-state index in [4.69, 9.17) is 20.1 Å². The Hall–Kier alpha value is -3.05. The number of aromatic nitrogens is 1. The third-order valence-corrected chi connectivity index (χ3v) is 3.15. The fourth-order valence-corrected chi connectivity index (χ4v) is 2.02. The third kappa shape index (κ3) is 8.66. The lowest BCUT2D eigenvalue weighted by atomic mass is 10.1. The molecule has 0 atom stereocenters. The Morgan fingerprint density at radius 1 is 1.21 bits per heavy atom. The van der Waals surface area contributed by atoms with Gasteiger partial charge in [0.05, 0.1) is 18.4 Å². The molecule has 29 heavy (non-hydrogen) atoms. The molecular formula is C18H26F3N5O3. The molecule has 2 rings (SSSR count). The zero-order valence-corrected chi connectivity index (χ0v) is 16.7. The van der Waals surface area contributed by atoms with Crippen molar-refractivity contribution in [3.63, 3.8) is 0 Å². The summed E-state index contributed by atoms with van der Waals surface area (Å²) in [5.74, 6) is 10.5. The molecule has 11 heteroatoms. The molecule has 0 fully saturated rings. The van der Waals surface area contributed by atoms with Crippen LogP contribution in [0, 0.1) is 0 Å². The minimum absolute atomic E-state index is 0.0325. The zero-order chi connectivity index (χ0) is 22.4. The largest absolute Gasteiger partial charge is 0.496 e. The van der Waals surface area contributed by atoms with Gasteiger partial charge in [0.2, 0.25) is 12.3 Å². The van der Waals surface area contributed by atoms with E-state index in [-0.39, 0.29) is 12.5 Å². The van der Waals surface area contributed by atoms with Gasteiger partial charge in [0.1, 0.15) is 18.1 Å². The van der Waals surface area contributed by atoms with Crippen LogP contribution in [0.3, 0.4) is 0 Å². The Balaban J connectivity index is 0.00000116. The second kappa shape index (κ2) is 13.2. The second-order valence-electron chi connectivity index (χ2n) is 5.00.